The Morgan fingerprint density at radius 2 is 1.03 bits per heavy atom. The van der Waals surface area contributed by atoms with Crippen molar-refractivity contribution in [2.24, 2.45) is 0 Å². The SMILES string of the molecule is CCOC(=O)c1c(C)c(-c2ccccc2C)c2c(c1-c1ccccc1C)C(=O)c1ccccc1C2=O. The first-order chi connectivity index (χ1) is 17.4. The van der Waals surface area contributed by atoms with Crippen LogP contribution in [0.15, 0.2) is 72.8 Å². The largest absolute Gasteiger partial charge is 0.462 e. The molecule has 178 valence electrons. The van der Waals surface area contributed by atoms with Crippen molar-refractivity contribution in [3.8, 4) is 22.3 Å². The Morgan fingerprint density at radius 3 is 1.50 bits per heavy atom. The second kappa shape index (κ2) is 9.04. The Labute approximate surface area is 210 Å². The Morgan fingerprint density at radius 1 is 0.611 bits per heavy atom. The van der Waals surface area contributed by atoms with Crippen LogP contribution in [0, 0.1) is 20.8 Å². The summed E-state index contributed by atoms with van der Waals surface area (Å²) < 4.78 is 5.52. The number of carbonyl (C=O) groups is 3. The molecule has 0 radical (unpaired) electrons. The molecule has 4 aromatic rings. The van der Waals surface area contributed by atoms with E-state index in [1.165, 1.54) is 0 Å². The second-order valence-electron chi connectivity index (χ2n) is 9.05. The van der Waals surface area contributed by atoms with Crippen LogP contribution >= 0.6 is 0 Å². The van der Waals surface area contributed by atoms with Gasteiger partial charge in [0.25, 0.3) is 0 Å². The summed E-state index contributed by atoms with van der Waals surface area (Å²) in [4.78, 5) is 41.8. The van der Waals surface area contributed by atoms with Crippen LogP contribution in [0.1, 0.15) is 65.8 Å². The summed E-state index contributed by atoms with van der Waals surface area (Å²) in [6.07, 6.45) is 0. The van der Waals surface area contributed by atoms with Crippen molar-refractivity contribution in [2.45, 2.75) is 27.7 Å². The van der Waals surface area contributed by atoms with E-state index in [-0.39, 0.29) is 23.7 Å². The van der Waals surface area contributed by atoms with E-state index in [0.29, 0.717) is 38.9 Å². The van der Waals surface area contributed by atoms with Crippen LogP contribution in [0.3, 0.4) is 0 Å². The highest BCUT2D eigenvalue weighted by Crippen LogP contribution is 2.46. The summed E-state index contributed by atoms with van der Waals surface area (Å²) in [5.41, 5.74) is 6.74. The molecule has 0 aliphatic heterocycles. The van der Waals surface area contributed by atoms with E-state index < -0.39 is 5.97 Å². The first-order valence-corrected chi connectivity index (χ1v) is 12.0. The molecule has 0 aromatic heterocycles. The van der Waals surface area contributed by atoms with E-state index >= 15 is 0 Å². The number of benzene rings is 4. The van der Waals surface area contributed by atoms with Gasteiger partial charge in [0.1, 0.15) is 0 Å². The topological polar surface area (TPSA) is 60.4 Å². The van der Waals surface area contributed by atoms with Crippen molar-refractivity contribution in [1.29, 1.82) is 0 Å². The van der Waals surface area contributed by atoms with E-state index in [9.17, 15) is 14.4 Å². The van der Waals surface area contributed by atoms with E-state index in [0.717, 1.165) is 22.3 Å². The van der Waals surface area contributed by atoms with Gasteiger partial charge < -0.3 is 4.74 Å². The highest BCUT2D eigenvalue weighted by atomic mass is 16.5. The number of rotatable bonds is 4. The zero-order valence-electron chi connectivity index (χ0n) is 20.8. The minimum absolute atomic E-state index is 0.192. The highest BCUT2D eigenvalue weighted by Gasteiger charge is 2.39. The lowest BCUT2D eigenvalue weighted by atomic mass is 9.73. The Balaban J connectivity index is 2.04. The zero-order valence-corrected chi connectivity index (χ0v) is 20.8. The van der Waals surface area contributed by atoms with Crippen LogP contribution in [0.4, 0.5) is 0 Å². The van der Waals surface area contributed by atoms with Crippen molar-refractivity contribution in [2.75, 3.05) is 6.61 Å². The number of ether oxygens (including phenoxy) is 1. The smallest absolute Gasteiger partial charge is 0.339 e. The molecule has 0 spiro atoms. The second-order valence-corrected chi connectivity index (χ2v) is 9.05. The normalized spacial score (nSPS) is 12.2. The first-order valence-electron chi connectivity index (χ1n) is 12.0. The molecule has 0 heterocycles. The molecule has 0 amide bonds. The third-order valence-electron chi connectivity index (χ3n) is 6.93. The van der Waals surface area contributed by atoms with Gasteiger partial charge in [0, 0.05) is 27.8 Å². The van der Waals surface area contributed by atoms with Crippen LogP contribution in [-0.4, -0.2) is 24.1 Å². The van der Waals surface area contributed by atoms with Gasteiger partial charge in [-0.05, 0) is 61.1 Å². The lowest BCUT2D eigenvalue weighted by Gasteiger charge is -2.28. The summed E-state index contributed by atoms with van der Waals surface area (Å²) in [5, 5.41) is 0. The molecule has 1 aliphatic rings. The molecule has 0 atom stereocenters. The van der Waals surface area contributed by atoms with Gasteiger partial charge in [-0.2, -0.15) is 0 Å². The van der Waals surface area contributed by atoms with E-state index in [1.807, 2.05) is 69.3 Å². The summed E-state index contributed by atoms with van der Waals surface area (Å²) >= 11 is 0. The van der Waals surface area contributed by atoms with Gasteiger partial charge in [-0.3, -0.25) is 9.59 Å². The van der Waals surface area contributed by atoms with Crippen LogP contribution in [-0.2, 0) is 4.74 Å². The fourth-order valence-corrected chi connectivity index (χ4v) is 5.25. The number of hydrogen-bond donors (Lipinski definition) is 0. The fraction of sp³-hybridized carbons (Fsp3) is 0.156. The fourth-order valence-electron chi connectivity index (χ4n) is 5.25. The average Bonchev–Trinajstić information content (AvgIpc) is 2.87. The number of esters is 1. The number of fused-ring (bicyclic) bond motifs is 2. The molecule has 0 fully saturated rings. The van der Waals surface area contributed by atoms with Crippen LogP contribution < -0.4 is 0 Å². The molecule has 4 heteroatoms. The molecule has 0 saturated heterocycles. The van der Waals surface area contributed by atoms with Gasteiger partial charge in [0.2, 0.25) is 0 Å². The predicted molar refractivity (Wildman–Crippen MR) is 141 cm³/mol. The number of aryl methyl sites for hydroxylation is 2. The molecule has 1 aliphatic carbocycles. The predicted octanol–water partition coefficient (Wildman–Crippen LogP) is 6.90. The number of ketones is 2. The highest BCUT2D eigenvalue weighted by molar-refractivity contribution is 6.33. The molecule has 4 aromatic carbocycles. The molecular formula is C32H26O4. The van der Waals surface area contributed by atoms with Gasteiger partial charge in [-0.25, -0.2) is 4.79 Å². The number of hydrogen-bond acceptors (Lipinski definition) is 4. The average molecular weight is 475 g/mol. The van der Waals surface area contributed by atoms with E-state index in [4.69, 9.17) is 4.74 Å². The van der Waals surface area contributed by atoms with E-state index in [2.05, 4.69) is 0 Å². The van der Waals surface area contributed by atoms with Crippen molar-refractivity contribution in [3.05, 3.63) is 117 Å². The first kappa shape index (κ1) is 23.4. The minimum atomic E-state index is -0.509. The van der Waals surface area contributed by atoms with E-state index in [1.54, 1.807) is 31.2 Å². The Hall–Kier alpha value is -4.31. The molecule has 5 rings (SSSR count). The van der Waals surface area contributed by atoms with Crippen molar-refractivity contribution in [3.63, 3.8) is 0 Å². The summed E-state index contributed by atoms with van der Waals surface area (Å²) in [6, 6.07) is 22.2. The molecule has 0 bridgehead atoms. The molecule has 4 nitrogen and oxygen atoms in total. The Bertz CT molecular complexity index is 1580. The van der Waals surface area contributed by atoms with Crippen LogP contribution in [0.5, 0.6) is 0 Å². The lowest BCUT2D eigenvalue weighted by Crippen LogP contribution is -2.26. The molecular weight excluding hydrogens is 448 g/mol. The van der Waals surface area contributed by atoms with Crippen molar-refractivity contribution in [1.82, 2.24) is 0 Å². The van der Waals surface area contributed by atoms with Gasteiger partial charge >= 0.3 is 5.97 Å². The van der Waals surface area contributed by atoms with Crippen molar-refractivity contribution < 1.29 is 19.1 Å². The zero-order chi connectivity index (χ0) is 25.6. The van der Waals surface area contributed by atoms with Crippen molar-refractivity contribution >= 4 is 17.5 Å². The monoisotopic (exact) mass is 474 g/mol. The maximum absolute atomic E-state index is 14.2. The minimum Gasteiger partial charge on any atom is -0.462 e. The van der Waals surface area contributed by atoms with Crippen LogP contribution in [0.2, 0.25) is 0 Å². The van der Waals surface area contributed by atoms with Gasteiger partial charge in [0.05, 0.1) is 12.2 Å². The third-order valence-corrected chi connectivity index (χ3v) is 6.93. The summed E-state index contributed by atoms with van der Waals surface area (Å²) in [6.45, 7) is 7.69. The lowest BCUT2D eigenvalue weighted by molar-refractivity contribution is 0.0526. The maximum atomic E-state index is 14.2. The van der Waals surface area contributed by atoms with Gasteiger partial charge in [0.15, 0.2) is 11.6 Å². The van der Waals surface area contributed by atoms with Crippen LogP contribution in [0.25, 0.3) is 22.3 Å². The molecule has 0 unspecified atom stereocenters. The summed E-state index contributed by atoms with van der Waals surface area (Å²) in [5.74, 6) is -0.990. The Kier molecular flexibility index (Phi) is 5.89. The third kappa shape index (κ3) is 3.49. The molecule has 0 N–H and O–H groups in total. The van der Waals surface area contributed by atoms with Gasteiger partial charge in [-0.15, -0.1) is 0 Å². The number of carbonyl (C=O) groups excluding carboxylic acids is 3. The molecule has 36 heavy (non-hydrogen) atoms. The van der Waals surface area contributed by atoms with Gasteiger partial charge in [-0.1, -0.05) is 72.8 Å². The summed E-state index contributed by atoms with van der Waals surface area (Å²) in [7, 11) is 0. The maximum Gasteiger partial charge on any atom is 0.339 e. The molecule has 0 saturated carbocycles. The quantitative estimate of drug-likeness (QED) is 0.266. The standard InChI is InChI=1S/C32H26O4/c1-5-36-32(35)26-20(4)25(21-14-8-6-12-18(21)2)28-29(27(26)22-15-9-7-13-19(22)3)31(34)24-17-11-10-16-23(24)30(28)33/h6-17H,5H2,1-4H3.